The molecule has 1 unspecified atom stereocenters. The molecule has 0 aromatic carbocycles. The normalized spacial score (nSPS) is 25.3. The molecule has 17 heavy (non-hydrogen) atoms. The molecule has 1 amide bonds. The van der Waals surface area contributed by atoms with Gasteiger partial charge in [0.15, 0.2) is 0 Å². The molecule has 0 bridgehead atoms. The van der Waals surface area contributed by atoms with Gasteiger partial charge in [0.25, 0.3) is 0 Å². The summed E-state index contributed by atoms with van der Waals surface area (Å²) in [6.45, 7) is 4.16. The van der Waals surface area contributed by atoms with Crippen molar-refractivity contribution in [3.8, 4) is 6.07 Å². The molecule has 1 aliphatic carbocycles. The number of amides is 1. The van der Waals surface area contributed by atoms with Gasteiger partial charge in [-0.2, -0.15) is 5.26 Å². The van der Waals surface area contributed by atoms with E-state index in [-0.39, 0.29) is 11.9 Å². The molecule has 1 aliphatic heterocycles. The molecule has 4 heteroatoms. The van der Waals surface area contributed by atoms with Crippen LogP contribution in [0.25, 0.3) is 0 Å². The average molecular weight is 235 g/mol. The molecule has 0 aromatic rings. The van der Waals surface area contributed by atoms with Gasteiger partial charge in [0, 0.05) is 12.6 Å². The lowest BCUT2D eigenvalue weighted by atomic mass is 10.0. The first-order chi connectivity index (χ1) is 8.26. The van der Waals surface area contributed by atoms with E-state index < -0.39 is 0 Å². The first-order valence-corrected chi connectivity index (χ1v) is 6.69. The molecule has 2 fully saturated rings. The van der Waals surface area contributed by atoms with Gasteiger partial charge in [-0.05, 0) is 45.6 Å². The standard InChI is InChI=1S/C13H21N3O/c1-2-16(11-6-7-11)13(17)10-15-8-4-3-5-12(15)9-14/h11-12H,2-8,10H2,1H3. The van der Waals surface area contributed by atoms with E-state index in [1.54, 1.807) is 0 Å². The Balaban J connectivity index is 1.90. The predicted octanol–water partition coefficient (Wildman–Crippen LogP) is 1.38. The van der Waals surface area contributed by atoms with Crippen LogP contribution in [0.3, 0.4) is 0 Å². The molecule has 0 aromatic heterocycles. The summed E-state index contributed by atoms with van der Waals surface area (Å²) in [5.41, 5.74) is 0. The van der Waals surface area contributed by atoms with E-state index in [2.05, 4.69) is 11.0 Å². The van der Waals surface area contributed by atoms with Crippen LogP contribution in [0.4, 0.5) is 0 Å². The second-order valence-corrected chi connectivity index (χ2v) is 5.02. The predicted molar refractivity (Wildman–Crippen MR) is 65.2 cm³/mol. The number of nitrogens with zero attached hydrogens (tertiary/aromatic N) is 3. The monoisotopic (exact) mass is 235 g/mol. The summed E-state index contributed by atoms with van der Waals surface area (Å²) in [5, 5.41) is 9.08. The first kappa shape index (κ1) is 12.4. The van der Waals surface area contributed by atoms with Crippen molar-refractivity contribution in [1.29, 1.82) is 5.26 Å². The molecular formula is C13H21N3O. The minimum absolute atomic E-state index is 0.0504. The number of piperidine rings is 1. The van der Waals surface area contributed by atoms with Crippen molar-refractivity contribution >= 4 is 5.91 Å². The van der Waals surface area contributed by atoms with E-state index >= 15 is 0 Å². The minimum Gasteiger partial charge on any atom is -0.339 e. The third-order valence-corrected chi connectivity index (χ3v) is 3.75. The molecule has 1 saturated carbocycles. The van der Waals surface area contributed by atoms with E-state index in [9.17, 15) is 4.79 Å². The molecule has 0 N–H and O–H groups in total. The molecule has 0 spiro atoms. The summed E-state index contributed by atoms with van der Waals surface area (Å²) >= 11 is 0. The van der Waals surface area contributed by atoms with Crippen molar-refractivity contribution in [2.45, 2.75) is 51.1 Å². The Labute approximate surface area is 103 Å². The lowest BCUT2D eigenvalue weighted by Crippen LogP contribution is -2.46. The lowest BCUT2D eigenvalue weighted by Gasteiger charge is -2.32. The van der Waals surface area contributed by atoms with E-state index in [1.165, 1.54) is 0 Å². The molecule has 2 rings (SSSR count). The Morgan fingerprint density at radius 3 is 2.76 bits per heavy atom. The quantitative estimate of drug-likeness (QED) is 0.739. The second-order valence-electron chi connectivity index (χ2n) is 5.02. The second kappa shape index (κ2) is 5.50. The number of hydrogen-bond donors (Lipinski definition) is 0. The van der Waals surface area contributed by atoms with Crippen LogP contribution in [0.2, 0.25) is 0 Å². The molecule has 2 aliphatic rings. The zero-order valence-electron chi connectivity index (χ0n) is 10.6. The zero-order chi connectivity index (χ0) is 12.3. The average Bonchev–Trinajstić information content (AvgIpc) is 3.15. The van der Waals surface area contributed by atoms with Gasteiger partial charge in [0.2, 0.25) is 5.91 Å². The summed E-state index contributed by atoms with van der Waals surface area (Å²) in [5.74, 6) is 0.206. The topological polar surface area (TPSA) is 47.3 Å². The summed E-state index contributed by atoms with van der Waals surface area (Å²) in [4.78, 5) is 16.2. The fourth-order valence-corrected chi connectivity index (χ4v) is 2.62. The van der Waals surface area contributed by atoms with Crippen molar-refractivity contribution < 1.29 is 4.79 Å². The smallest absolute Gasteiger partial charge is 0.237 e. The van der Waals surface area contributed by atoms with Crippen LogP contribution < -0.4 is 0 Å². The Hall–Kier alpha value is -1.08. The zero-order valence-corrected chi connectivity index (χ0v) is 10.6. The molecule has 1 heterocycles. The van der Waals surface area contributed by atoms with Gasteiger partial charge < -0.3 is 4.90 Å². The van der Waals surface area contributed by atoms with Gasteiger partial charge in [0.05, 0.1) is 18.7 Å². The van der Waals surface area contributed by atoms with Crippen LogP contribution in [-0.2, 0) is 4.79 Å². The number of hydrogen-bond acceptors (Lipinski definition) is 3. The van der Waals surface area contributed by atoms with Crippen molar-refractivity contribution in [3.63, 3.8) is 0 Å². The van der Waals surface area contributed by atoms with E-state index in [0.717, 1.165) is 45.2 Å². The molecular weight excluding hydrogens is 214 g/mol. The Kier molecular flexibility index (Phi) is 4.01. The maximum atomic E-state index is 12.2. The van der Waals surface area contributed by atoms with Gasteiger partial charge in [-0.3, -0.25) is 9.69 Å². The van der Waals surface area contributed by atoms with Crippen LogP contribution >= 0.6 is 0 Å². The number of carbonyl (C=O) groups excluding carboxylic acids is 1. The van der Waals surface area contributed by atoms with Gasteiger partial charge in [-0.15, -0.1) is 0 Å². The SMILES string of the molecule is CCN(C(=O)CN1CCCCC1C#N)C1CC1. The van der Waals surface area contributed by atoms with Gasteiger partial charge >= 0.3 is 0 Å². The summed E-state index contributed by atoms with van der Waals surface area (Å²) in [7, 11) is 0. The number of likely N-dealkylation sites (tertiary alicyclic amines) is 1. The fraction of sp³-hybridized carbons (Fsp3) is 0.846. The number of rotatable bonds is 4. The van der Waals surface area contributed by atoms with Crippen molar-refractivity contribution in [1.82, 2.24) is 9.80 Å². The van der Waals surface area contributed by atoms with E-state index in [0.29, 0.717) is 12.6 Å². The van der Waals surface area contributed by atoms with Crippen molar-refractivity contribution in [3.05, 3.63) is 0 Å². The highest BCUT2D eigenvalue weighted by Crippen LogP contribution is 2.27. The summed E-state index contributed by atoms with van der Waals surface area (Å²) in [6, 6.07) is 2.75. The van der Waals surface area contributed by atoms with Gasteiger partial charge in [0.1, 0.15) is 0 Å². The van der Waals surface area contributed by atoms with Crippen LogP contribution in [0, 0.1) is 11.3 Å². The Bertz CT molecular complexity index is 319. The fourth-order valence-electron chi connectivity index (χ4n) is 2.62. The minimum atomic E-state index is -0.0504. The number of carbonyl (C=O) groups is 1. The van der Waals surface area contributed by atoms with Crippen LogP contribution in [0.15, 0.2) is 0 Å². The van der Waals surface area contributed by atoms with Crippen molar-refractivity contribution in [2.24, 2.45) is 0 Å². The Morgan fingerprint density at radius 2 is 2.18 bits per heavy atom. The largest absolute Gasteiger partial charge is 0.339 e. The van der Waals surface area contributed by atoms with Crippen LogP contribution in [-0.4, -0.2) is 47.4 Å². The maximum absolute atomic E-state index is 12.2. The van der Waals surface area contributed by atoms with Gasteiger partial charge in [-0.25, -0.2) is 0 Å². The molecule has 4 nitrogen and oxygen atoms in total. The van der Waals surface area contributed by atoms with Crippen LogP contribution in [0.1, 0.15) is 39.0 Å². The summed E-state index contributed by atoms with van der Waals surface area (Å²) < 4.78 is 0. The van der Waals surface area contributed by atoms with Crippen LogP contribution in [0.5, 0.6) is 0 Å². The molecule has 1 atom stereocenters. The lowest BCUT2D eigenvalue weighted by molar-refractivity contribution is -0.133. The number of nitriles is 1. The molecule has 0 radical (unpaired) electrons. The molecule has 1 saturated heterocycles. The first-order valence-electron chi connectivity index (χ1n) is 6.69. The van der Waals surface area contributed by atoms with Gasteiger partial charge in [-0.1, -0.05) is 0 Å². The van der Waals surface area contributed by atoms with E-state index in [1.807, 2.05) is 11.8 Å². The Morgan fingerprint density at radius 1 is 1.41 bits per heavy atom. The number of likely N-dealkylation sites (N-methyl/N-ethyl adjacent to an activating group) is 1. The third-order valence-electron chi connectivity index (χ3n) is 3.75. The molecule has 94 valence electrons. The highest BCUT2D eigenvalue weighted by atomic mass is 16.2. The third kappa shape index (κ3) is 2.98. The summed E-state index contributed by atoms with van der Waals surface area (Å²) in [6.07, 6.45) is 5.45. The van der Waals surface area contributed by atoms with Crippen molar-refractivity contribution in [2.75, 3.05) is 19.6 Å². The van der Waals surface area contributed by atoms with E-state index in [4.69, 9.17) is 5.26 Å². The highest BCUT2D eigenvalue weighted by Gasteiger charge is 2.33. The maximum Gasteiger partial charge on any atom is 0.237 e. The highest BCUT2D eigenvalue weighted by molar-refractivity contribution is 5.79.